The van der Waals surface area contributed by atoms with Crippen molar-refractivity contribution in [2.24, 2.45) is 11.8 Å². The van der Waals surface area contributed by atoms with Crippen LogP contribution in [0.25, 0.3) is 0 Å². The molecule has 0 N–H and O–H groups in total. The van der Waals surface area contributed by atoms with E-state index in [1.165, 1.54) is 0 Å². The molecule has 1 saturated heterocycles. The van der Waals surface area contributed by atoms with Gasteiger partial charge in [-0.2, -0.15) is 0 Å². The van der Waals surface area contributed by atoms with Crippen LogP contribution in [0.4, 0.5) is 0 Å². The second kappa shape index (κ2) is 7.41. The van der Waals surface area contributed by atoms with Crippen LogP contribution in [-0.4, -0.2) is 23.6 Å². The summed E-state index contributed by atoms with van der Waals surface area (Å²) in [7, 11) is 0. The molecule has 0 aromatic rings. The van der Waals surface area contributed by atoms with Crippen molar-refractivity contribution < 1.29 is 19.1 Å². The van der Waals surface area contributed by atoms with Gasteiger partial charge in [-0.3, -0.25) is 14.4 Å². The van der Waals surface area contributed by atoms with Crippen LogP contribution in [0.5, 0.6) is 0 Å². The zero-order valence-corrected chi connectivity index (χ0v) is 12.1. The molecule has 0 bridgehead atoms. The molecular formula is C15H24O4. The highest BCUT2D eigenvalue weighted by atomic mass is 16.5. The van der Waals surface area contributed by atoms with Gasteiger partial charge in [0.1, 0.15) is 17.7 Å². The van der Waals surface area contributed by atoms with Gasteiger partial charge in [-0.1, -0.05) is 27.2 Å². The van der Waals surface area contributed by atoms with Gasteiger partial charge in [0.25, 0.3) is 0 Å². The minimum absolute atomic E-state index is 0.0343. The van der Waals surface area contributed by atoms with Gasteiger partial charge in [-0.15, -0.1) is 0 Å². The van der Waals surface area contributed by atoms with Crippen LogP contribution < -0.4 is 0 Å². The first-order valence-electron chi connectivity index (χ1n) is 7.24. The lowest BCUT2D eigenvalue weighted by atomic mass is 9.80. The van der Waals surface area contributed by atoms with Crippen molar-refractivity contribution in [3.05, 3.63) is 0 Å². The first-order valence-corrected chi connectivity index (χ1v) is 7.24. The van der Waals surface area contributed by atoms with Gasteiger partial charge in [-0.05, 0) is 12.8 Å². The molecule has 0 saturated carbocycles. The summed E-state index contributed by atoms with van der Waals surface area (Å²) < 4.78 is 5.31. The van der Waals surface area contributed by atoms with E-state index in [0.717, 1.165) is 12.8 Å². The van der Waals surface area contributed by atoms with Crippen molar-refractivity contribution in [3.8, 4) is 0 Å². The van der Waals surface area contributed by atoms with Crippen LogP contribution in [0, 0.1) is 11.8 Å². The fraction of sp³-hybridized carbons (Fsp3) is 0.800. The Morgan fingerprint density at radius 1 is 1.26 bits per heavy atom. The maximum Gasteiger partial charge on any atom is 0.309 e. The Bertz CT molecular complexity index is 348. The number of Topliss-reactive ketones (excluding diaryl/α,β-unsaturated/α-hetero) is 2. The average Bonchev–Trinajstić information content (AvgIpc) is 2.39. The molecule has 108 valence electrons. The van der Waals surface area contributed by atoms with Gasteiger partial charge in [0, 0.05) is 25.2 Å². The second-order valence-electron chi connectivity index (χ2n) is 5.34. The second-order valence-corrected chi connectivity index (χ2v) is 5.34. The highest BCUT2D eigenvalue weighted by Crippen LogP contribution is 2.30. The Balaban J connectivity index is 2.59. The van der Waals surface area contributed by atoms with Crippen molar-refractivity contribution in [2.45, 2.75) is 65.4 Å². The number of carbonyl (C=O) groups is 3. The zero-order chi connectivity index (χ0) is 14.4. The Morgan fingerprint density at radius 3 is 2.53 bits per heavy atom. The van der Waals surface area contributed by atoms with Gasteiger partial charge in [0.15, 0.2) is 0 Å². The van der Waals surface area contributed by atoms with E-state index in [-0.39, 0.29) is 41.9 Å². The number of carbonyl (C=O) groups excluding carboxylic acids is 3. The molecule has 0 amide bonds. The molecule has 0 aliphatic carbocycles. The number of ketones is 2. The minimum atomic E-state index is -0.377. The molecule has 4 heteroatoms. The summed E-state index contributed by atoms with van der Waals surface area (Å²) in [4.78, 5) is 35.2. The molecule has 1 rings (SSSR count). The van der Waals surface area contributed by atoms with Crippen LogP contribution in [-0.2, 0) is 19.1 Å². The van der Waals surface area contributed by atoms with Crippen LogP contribution >= 0.6 is 0 Å². The van der Waals surface area contributed by atoms with Gasteiger partial charge >= 0.3 is 5.97 Å². The molecule has 1 fully saturated rings. The quantitative estimate of drug-likeness (QED) is 0.666. The Hall–Kier alpha value is -1.19. The number of cyclic esters (lactones) is 1. The van der Waals surface area contributed by atoms with E-state index in [1.54, 1.807) is 13.8 Å². The molecule has 0 radical (unpaired) electrons. The molecule has 3 atom stereocenters. The molecule has 3 unspecified atom stereocenters. The lowest BCUT2D eigenvalue weighted by Gasteiger charge is -2.32. The van der Waals surface area contributed by atoms with E-state index >= 15 is 0 Å². The Labute approximate surface area is 114 Å². The normalized spacial score (nSPS) is 26.9. The molecular weight excluding hydrogens is 244 g/mol. The van der Waals surface area contributed by atoms with Crippen molar-refractivity contribution in [3.63, 3.8) is 0 Å². The first-order chi connectivity index (χ1) is 8.99. The van der Waals surface area contributed by atoms with E-state index in [9.17, 15) is 14.4 Å². The summed E-state index contributed by atoms with van der Waals surface area (Å²) in [5, 5.41) is 0. The summed E-state index contributed by atoms with van der Waals surface area (Å²) >= 11 is 0. The van der Waals surface area contributed by atoms with Crippen LogP contribution in [0.15, 0.2) is 0 Å². The van der Waals surface area contributed by atoms with E-state index in [2.05, 4.69) is 0 Å². The summed E-state index contributed by atoms with van der Waals surface area (Å²) in [5.41, 5.74) is 0. The van der Waals surface area contributed by atoms with E-state index in [0.29, 0.717) is 19.3 Å². The van der Waals surface area contributed by atoms with Crippen molar-refractivity contribution >= 4 is 17.5 Å². The van der Waals surface area contributed by atoms with E-state index in [4.69, 9.17) is 4.74 Å². The minimum Gasteiger partial charge on any atom is -0.462 e. The summed E-state index contributed by atoms with van der Waals surface area (Å²) in [6, 6.07) is 0. The standard InChI is InChI=1S/C15H24O4/c1-4-6-12-9-13(10(3)15(18)19-12)14(17)8-7-11(16)5-2/h10,12-13H,4-9H2,1-3H3. The Morgan fingerprint density at radius 2 is 1.95 bits per heavy atom. The van der Waals surface area contributed by atoms with Crippen molar-refractivity contribution in [2.75, 3.05) is 0 Å². The summed E-state index contributed by atoms with van der Waals surface area (Å²) in [6.07, 6.45) is 3.23. The van der Waals surface area contributed by atoms with Gasteiger partial charge in [0.05, 0.1) is 5.92 Å². The third kappa shape index (κ3) is 4.44. The predicted molar refractivity (Wildman–Crippen MR) is 71.6 cm³/mol. The number of esters is 1. The molecule has 1 heterocycles. The molecule has 1 aliphatic rings. The van der Waals surface area contributed by atoms with E-state index < -0.39 is 0 Å². The third-order valence-electron chi connectivity index (χ3n) is 3.84. The first kappa shape index (κ1) is 15.9. The van der Waals surface area contributed by atoms with Crippen LogP contribution in [0.3, 0.4) is 0 Å². The Kier molecular flexibility index (Phi) is 6.19. The number of hydrogen-bond acceptors (Lipinski definition) is 4. The fourth-order valence-electron chi connectivity index (χ4n) is 2.51. The molecule has 1 aliphatic heterocycles. The van der Waals surface area contributed by atoms with Crippen molar-refractivity contribution in [1.29, 1.82) is 0 Å². The molecule has 0 aromatic carbocycles. The lowest BCUT2D eigenvalue weighted by Crippen LogP contribution is -2.40. The van der Waals surface area contributed by atoms with Gasteiger partial charge in [0.2, 0.25) is 0 Å². The molecule has 4 nitrogen and oxygen atoms in total. The average molecular weight is 268 g/mol. The maximum absolute atomic E-state index is 12.2. The van der Waals surface area contributed by atoms with Crippen molar-refractivity contribution in [1.82, 2.24) is 0 Å². The topological polar surface area (TPSA) is 60.4 Å². The largest absolute Gasteiger partial charge is 0.462 e. The van der Waals surface area contributed by atoms with E-state index in [1.807, 2.05) is 6.92 Å². The zero-order valence-electron chi connectivity index (χ0n) is 12.1. The smallest absolute Gasteiger partial charge is 0.309 e. The fourth-order valence-corrected chi connectivity index (χ4v) is 2.51. The van der Waals surface area contributed by atoms with Crippen LogP contribution in [0.2, 0.25) is 0 Å². The number of rotatable bonds is 7. The highest BCUT2D eigenvalue weighted by Gasteiger charge is 2.38. The molecule has 0 spiro atoms. The van der Waals surface area contributed by atoms with Gasteiger partial charge < -0.3 is 4.74 Å². The highest BCUT2D eigenvalue weighted by molar-refractivity contribution is 5.90. The maximum atomic E-state index is 12.2. The number of ether oxygens (including phenoxy) is 1. The molecule has 19 heavy (non-hydrogen) atoms. The molecule has 0 aromatic heterocycles. The van der Waals surface area contributed by atoms with Crippen LogP contribution in [0.1, 0.15) is 59.3 Å². The summed E-state index contributed by atoms with van der Waals surface area (Å²) in [6.45, 7) is 5.57. The lowest BCUT2D eigenvalue weighted by molar-refractivity contribution is -0.167. The summed E-state index contributed by atoms with van der Waals surface area (Å²) in [5.74, 6) is -0.791. The number of hydrogen-bond donors (Lipinski definition) is 0. The van der Waals surface area contributed by atoms with Gasteiger partial charge in [-0.25, -0.2) is 0 Å². The monoisotopic (exact) mass is 268 g/mol. The predicted octanol–water partition coefficient (Wildman–Crippen LogP) is 2.68. The SMILES string of the molecule is CCCC1CC(C(=O)CCC(=O)CC)C(C)C(=O)O1. The third-order valence-corrected chi connectivity index (χ3v) is 3.84.